The third-order valence-corrected chi connectivity index (χ3v) is 4.86. The molecule has 2 aromatic rings. The third kappa shape index (κ3) is 3.17. The van der Waals surface area contributed by atoms with Gasteiger partial charge in [0.15, 0.2) is 0 Å². The number of aromatic hydroxyl groups is 1. The summed E-state index contributed by atoms with van der Waals surface area (Å²) in [6.07, 6.45) is 2.87. The molecule has 3 rings (SSSR count). The quantitative estimate of drug-likeness (QED) is 0.779. The summed E-state index contributed by atoms with van der Waals surface area (Å²) in [5.74, 6) is -0.0633. The maximum Gasteiger partial charge on any atom is 0.337 e. The van der Waals surface area contributed by atoms with Crippen LogP contribution in [0.25, 0.3) is 5.57 Å². The van der Waals surface area contributed by atoms with Gasteiger partial charge in [-0.1, -0.05) is 34.1 Å². The van der Waals surface area contributed by atoms with Gasteiger partial charge >= 0.3 is 5.97 Å². The maximum absolute atomic E-state index is 11.8. The number of methoxy groups -OCH3 is 1. The van der Waals surface area contributed by atoms with Crippen molar-refractivity contribution in [2.75, 3.05) is 7.11 Å². The minimum Gasteiger partial charge on any atom is -0.508 e. The van der Waals surface area contributed by atoms with Gasteiger partial charge in [-0.2, -0.15) is 0 Å². The number of aryl methyl sites for hydroxylation is 1. The summed E-state index contributed by atoms with van der Waals surface area (Å²) in [5.41, 5.74) is 5.00. The monoisotopic (exact) mass is 372 g/mol. The Hall–Kier alpha value is -2.07. The van der Waals surface area contributed by atoms with Crippen LogP contribution in [0.1, 0.15) is 39.9 Å². The summed E-state index contributed by atoms with van der Waals surface area (Å²) in [6.45, 7) is 0. The highest BCUT2D eigenvalue weighted by atomic mass is 79.9. The molecule has 1 aliphatic rings. The Morgan fingerprint density at radius 2 is 1.87 bits per heavy atom. The largest absolute Gasteiger partial charge is 0.508 e. The van der Waals surface area contributed by atoms with Crippen molar-refractivity contribution in [2.24, 2.45) is 0 Å². The van der Waals surface area contributed by atoms with E-state index in [4.69, 9.17) is 4.74 Å². The zero-order valence-electron chi connectivity index (χ0n) is 12.8. The fraction of sp³-hybridized carbons (Fsp3) is 0.211. The summed E-state index contributed by atoms with van der Waals surface area (Å²) in [6, 6.07) is 12.9. The first kappa shape index (κ1) is 15.8. The molecular weight excluding hydrogens is 356 g/mol. The molecular formula is C19H17BrO3. The fourth-order valence-corrected chi connectivity index (χ4v) is 3.66. The molecule has 0 spiro atoms. The Morgan fingerprint density at radius 3 is 2.57 bits per heavy atom. The molecule has 3 nitrogen and oxygen atoms in total. The fourth-order valence-electron chi connectivity index (χ4n) is 2.93. The zero-order chi connectivity index (χ0) is 16.4. The minimum absolute atomic E-state index is 0.250. The smallest absolute Gasteiger partial charge is 0.337 e. The van der Waals surface area contributed by atoms with E-state index in [1.54, 1.807) is 18.2 Å². The summed E-state index contributed by atoms with van der Waals surface area (Å²) in [7, 11) is 1.40. The van der Waals surface area contributed by atoms with Crippen molar-refractivity contribution in [3.63, 3.8) is 0 Å². The number of phenols is 1. The lowest BCUT2D eigenvalue weighted by Gasteiger charge is -2.14. The number of esters is 1. The summed E-state index contributed by atoms with van der Waals surface area (Å²) < 4.78 is 5.96. The number of fused-ring (bicyclic) bond motifs is 1. The molecule has 0 radical (unpaired) electrons. The number of phenolic OH excluding ortho intramolecular Hbond substituents is 1. The lowest BCUT2D eigenvalue weighted by Crippen LogP contribution is -2.03. The van der Waals surface area contributed by atoms with Crippen LogP contribution in [0.2, 0.25) is 0 Å². The number of carbonyl (C=O) groups excluding carboxylic acids is 1. The Labute approximate surface area is 143 Å². The van der Waals surface area contributed by atoms with Gasteiger partial charge in [-0.25, -0.2) is 4.79 Å². The van der Waals surface area contributed by atoms with E-state index in [-0.39, 0.29) is 11.7 Å². The van der Waals surface area contributed by atoms with E-state index in [0.717, 1.165) is 46.0 Å². The van der Waals surface area contributed by atoms with Crippen molar-refractivity contribution in [3.8, 4) is 5.75 Å². The predicted octanol–water partition coefficient (Wildman–Crippen LogP) is 4.67. The van der Waals surface area contributed by atoms with E-state index < -0.39 is 0 Å². The van der Waals surface area contributed by atoms with Gasteiger partial charge in [0.1, 0.15) is 5.75 Å². The number of halogens is 1. The summed E-state index contributed by atoms with van der Waals surface area (Å²) >= 11 is 3.72. The molecule has 0 saturated heterocycles. The van der Waals surface area contributed by atoms with Crippen molar-refractivity contribution >= 4 is 27.5 Å². The van der Waals surface area contributed by atoms with Gasteiger partial charge in [0.05, 0.1) is 12.7 Å². The Morgan fingerprint density at radius 1 is 1.13 bits per heavy atom. The molecule has 2 aromatic carbocycles. The molecule has 0 aliphatic heterocycles. The first-order valence-corrected chi connectivity index (χ1v) is 8.29. The number of benzene rings is 2. The molecule has 0 amide bonds. The molecule has 1 N–H and O–H groups in total. The second-order valence-corrected chi connectivity index (χ2v) is 6.50. The first-order chi connectivity index (χ1) is 11.1. The zero-order valence-corrected chi connectivity index (χ0v) is 14.4. The second kappa shape index (κ2) is 6.59. The average molecular weight is 373 g/mol. The minimum atomic E-state index is -0.314. The van der Waals surface area contributed by atoms with Crippen molar-refractivity contribution < 1.29 is 14.6 Å². The Kier molecular flexibility index (Phi) is 4.53. The highest BCUT2D eigenvalue weighted by Gasteiger charge is 2.19. The van der Waals surface area contributed by atoms with E-state index in [0.29, 0.717) is 5.56 Å². The molecule has 0 saturated carbocycles. The van der Waals surface area contributed by atoms with Gasteiger partial charge in [0.25, 0.3) is 0 Å². The molecule has 0 unspecified atom stereocenters. The van der Waals surface area contributed by atoms with Crippen molar-refractivity contribution in [1.82, 2.24) is 0 Å². The van der Waals surface area contributed by atoms with Crippen molar-refractivity contribution in [1.29, 1.82) is 0 Å². The molecule has 0 aromatic heterocycles. The number of hydrogen-bond donors (Lipinski definition) is 1. The van der Waals surface area contributed by atoms with Crippen LogP contribution < -0.4 is 0 Å². The molecule has 0 fully saturated rings. The summed E-state index contributed by atoms with van der Waals surface area (Å²) in [4.78, 5) is 11.8. The van der Waals surface area contributed by atoms with Crippen LogP contribution in [0.3, 0.4) is 0 Å². The highest BCUT2D eigenvalue weighted by molar-refractivity contribution is 9.11. The van der Waals surface area contributed by atoms with E-state index in [2.05, 4.69) is 15.9 Å². The highest BCUT2D eigenvalue weighted by Crippen LogP contribution is 2.38. The van der Waals surface area contributed by atoms with Gasteiger partial charge in [0.2, 0.25) is 0 Å². The number of carbonyl (C=O) groups is 1. The summed E-state index contributed by atoms with van der Waals surface area (Å²) in [5, 5.41) is 9.52. The van der Waals surface area contributed by atoms with Gasteiger partial charge in [0, 0.05) is 4.48 Å². The van der Waals surface area contributed by atoms with E-state index in [1.165, 1.54) is 7.11 Å². The number of rotatable bonds is 2. The Balaban J connectivity index is 2.13. The SMILES string of the molecule is COC(=O)c1ccc2c(c1)CCCC(Br)=C2c1ccc(O)cc1. The van der Waals surface area contributed by atoms with Gasteiger partial charge < -0.3 is 9.84 Å². The average Bonchev–Trinajstić information content (AvgIpc) is 2.72. The number of allylic oxidation sites excluding steroid dienone is 1. The van der Waals surface area contributed by atoms with Crippen LogP contribution >= 0.6 is 15.9 Å². The van der Waals surface area contributed by atoms with Crippen LogP contribution in [-0.4, -0.2) is 18.2 Å². The molecule has 4 heteroatoms. The van der Waals surface area contributed by atoms with Gasteiger partial charge in [-0.15, -0.1) is 0 Å². The van der Waals surface area contributed by atoms with Crippen LogP contribution in [0.15, 0.2) is 46.9 Å². The molecule has 1 aliphatic carbocycles. The number of hydrogen-bond acceptors (Lipinski definition) is 3. The lowest BCUT2D eigenvalue weighted by molar-refractivity contribution is 0.0600. The third-order valence-electron chi connectivity index (χ3n) is 4.07. The van der Waals surface area contributed by atoms with Crippen LogP contribution in [0.5, 0.6) is 5.75 Å². The second-order valence-electron chi connectivity index (χ2n) is 5.54. The van der Waals surface area contributed by atoms with E-state index in [1.807, 2.05) is 24.3 Å². The molecule has 0 heterocycles. The van der Waals surface area contributed by atoms with Gasteiger partial charge in [-0.05, 0) is 65.8 Å². The maximum atomic E-state index is 11.8. The molecule has 0 atom stereocenters. The van der Waals surface area contributed by atoms with E-state index in [9.17, 15) is 9.90 Å². The van der Waals surface area contributed by atoms with Crippen LogP contribution in [-0.2, 0) is 11.2 Å². The Bertz CT molecular complexity index is 776. The molecule has 23 heavy (non-hydrogen) atoms. The van der Waals surface area contributed by atoms with Crippen molar-refractivity contribution in [3.05, 3.63) is 69.2 Å². The molecule has 0 bridgehead atoms. The molecule has 118 valence electrons. The standard InChI is InChI=1S/C19H17BrO3/c1-23-19(22)14-7-10-16-13(11-14)3-2-4-17(20)18(16)12-5-8-15(21)9-6-12/h5-11,21H,2-4H2,1H3. The van der Waals surface area contributed by atoms with Gasteiger partial charge in [-0.3, -0.25) is 0 Å². The normalized spacial score (nSPS) is 14.2. The topological polar surface area (TPSA) is 46.5 Å². The lowest BCUT2D eigenvalue weighted by atomic mass is 9.92. The predicted molar refractivity (Wildman–Crippen MR) is 93.8 cm³/mol. The van der Waals surface area contributed by atoms with E-state index >= 15 is 0 Å². The first-order valence-electron chi connectivity index (χ1n) is 7.50. The number of ether oxygens (including phenoxy) is 1. The van der Waals surface area contributed by atoms with Crippen LogP contribution in [0.4, 0.5) is 0 Å². The van der Waals surface area contributed by atoms with Crippen molar-refractivity contribution in [2.45, 2.75) is 19.3 Å². The van der Waals surface area contributed by atoms with Crippen LogP contribution in [0, 0.1) is 0 Å².